The Kier molecular flexibility index (Phi) is 3.24. The van der Waals surface area contributed by atoms with Crippen LogP contribution in [0.15, 0.2) is 11.1 Å². The van der Waals surface area contributed by atoms with Crippen LogP contribution in [0.4, 0.5) is 0 Å². The first-order valence-electron chi connectivity index (χ1n) is 5.64. The molecule has 1 saturated carbocycles. The highest BCUT2D eigenvalue weighted by Crippen LogP contribution is 2.31. The molecular weight excluding hydrogens is 242 g/mol. The largest absolute Gasteiger partial charge is 0.394 e. The number of nitrogens with one attached hydrogen (secondary N) is 2. The van der Waals surface area contributed by atoms with Gasteiger partial charge in [-0.1, -0.05) is 12.8 Å². The first kappa shape index (κ1) is 12.5. The van der Waals surface area contributed by atoms with E-state index in [2.05, 4.69) is 14.9 Å². The van der Waals surface area contributed by atoms with Crippen molar-refractivity contribution in [3.63, 3.8) is 0 Å². The van der Waals surface area contributed by atoms with E-state index in [9.17, 15) is 13.5 Å². The van der Waals surface area contributed by atoms with E-state index in [1.165, 1.54) is 6.20 Å². The van der Waals surface area contributed by atoms with E-state index in [1.54, 1.807) is 6.92 Å². The molecule has 1 heterocycles. The number of nitrogens with zero attached hydrogens (tertiary/aromatic N) is 1. The summed E-state index contributed by atoms with van der Waals surface area (Å²) in [6, 6.07) is 0. The van der Waals surface area contributed by atoms with Crippen molar-refractivity contribution >= 4 is 10.0 Å². The number of aromatic nitrogens is 2. The summed E-state index contributed by atoms with van der Waals surface area (Å²) in [7, 11) is -3.61. The van der Waals surface area contributed by atoms with Gasteiger partial charge in [0.05, 0.1) is 24.0 Å². The predicted octanol–water partition coefficient (Wildman–Crippen LogP) is 0.302. The van der Waals surface area contributed by atoms with E-state index in [0.29, 0.717) is 18.5 Å². The lowest BCUT2D eigenvalue weighted by molar-refractivity contribution is 0.185. The molecule has 1 aliphatic carbocycles. The van der Waals surface area contributed by atoms with Gasteiger partial charge in [-0.25, -0.2) is 13.1 Å². The van der Waals surface area contributed by atoms with Crippen LogP contribution in [0.25, 0.3) is 0 Å². The maximum absolute atomic E-state index is 12.2. The summed E-state index contributed by atoms with van der Waals surface area (Å²) in [4.78, 5) is 0.150. The Morgan fingerprint density at radius 2 is 2.18 bits per heavy atom. The topological polar surface area (TPSA) is 95.1 Å². The number of sulfonamides is 1. The SMILES string of the molecule is Cc1[nH]ncc1S(=O)(=O)NC1(CO)CCCC1. The monoisotopic (exact) mass is 259 g/mol. The van der Waals surface area contributed by atoms with Crippen LogP contribution < -0.4 is 4.72 Å². The molecule has 7 heteroatoms. The van der Waals surface area contributed by atoms with Gasteiger partial charge in [-0.3, -0.25) is 5.10 Å². The summed E-state index contributed by atoms with van der Waals surface area (Å²) < 4.78 is 26.9. The Hall–Kier alpha value is -0.920. The number of aliphatic hydroxyl groups excluding tert-OH is 1. The highest BCUT2D eigenvalue weighted by molar-refractivity contribution is 7.89. The van der Waals surface area contributed by atoms with Crippen LogP contribution >= 0.6 is 0 Å². The molecule has 0 amide bonds. The normalized spacial score (nSPS) is 19.6. The van der Waals surface area contributed by atoms with Crippen LogP contribution in [0.1, 0.15) is 31.4 Å². The second-order valence-corrected chi connectivity index (χ2v) is 6.26. The van der Waals surface area contributed by atoms with Crippen LogP contribution in [0.5, 0.6) is 0 Å². The molecule has 0 atom stereocenters. The van der Waals surface area contributed by atoms with Crippen molar-refractivity contribution in [3.05, 3.63) is 11.9 Å². The second kappa shape index (κ2) is 4.40. The molecule has 0 unspecified atom stereocenters. The number of aryl methyl sites for hydroxylation is 1. The zero-order chi connectivity index (χ0) is 12.5. The minimum Gasteiger partial charge on any atom is -0.394 e. The average molecular weight is 259 g/mol. The molecule has 0 aromatic carbocycles. The summed E-state index contributed by atoms with van der Waals surface area (Å²) in [5.74, 6) is 0. The highest BCUT2D eigenvalue weighted by atomic mass is 32.2. The molecule has 6 nitrogen and oxygen atoms in total. The molecule has 2 rings (SSSR count). The van der Waals surface area contributed by atoms with Crippen molar-refractivity contribution in [1.82, 2.24) is 14.9 Å². The summed E-state index contributed by atoms with van der Waals surface area (Å²) >= 11 is 0. The van der Waals surface area contributed by atoms with Gasteiger partial charge < -0.3 is 5.11 Å². The molecule has 96 valence electrons. The molecule has 0 bridgehead atoms. The molecule has 0 radical (unpaired) electrons. The van der Waals surface area contributed by atoms with Gasteiger partial charge in [-0.2, -0.15) is 5.10 Å². The van der Waals surface area contributed by atoms with Crippen LogP contribution in [0.2, 0.25) is 0 Å². The molecule has 1 aromatic rings. The number of aromatic amines is 1. The smallest absolute Gasteiger partial charge is 0.244 e. The van der Waals surface area contributed by atoms with Crippen molar-refractivity contribution < 1.29 is 13.5 Å². The van der Waals surface area contributed by atoms with Gasteiger partial charge in [0.25, 0.3) is 0 Å². The summed E-state index contributed by atoms with van der Waals surface area (Å²) in [5.41, 5.74) is -0.189. The number of hydrogen-bond donors (Lipinski definition) is 3. The first-order chi connectivity index (χ1) is 7.99. The standard InChI is InChI=1S/C10H17N3O3S/c1-8-9(6-11-12-8)17(15,16)13-10(7-14)4-2-3-5-10/h6,13-14H,2-5,7H2,1H3,(H,11,12). The summed E-state index contributed by atoms with van der Waals surface area (Å²) in [6.07, 6.45) is 4.53. The Balaban J connectivity index is 2.26. The van der Waals surface area contributed by atoms with Crippen molar-refractivity contribution in [1.29, 1.82) is 0 Å². The molecule has 3 N–H and O–H groups in total. The van der Waals surface area contributed by atoms with E-state index in [-0.39, 0.29) is 11.5 Å². The minimum absolute atomic E-state index is 0.150. The Labute approximate surface area is 100 Å². The maximum atomic E-state index is 12.2. The van der Waals surface area contributed by atoms with E-state index in [1.807, 2.05) is 0 Å². The van der Waals surface area contributed by atoms with Gasteiger partial charge in [0.2, 0.25) is 10.0 Å². The third-order valence-electron chi connectivity index (χ3n) is 3.29. The zero-order valence-electron chi connectivity index (χ0n) is 9.73. The van der Waals surface area contributed by atoms with Crippen molar-refractivity contribution in [2.75, 3.05) is 6.61 Å². The maximum Gasteiger partial charge on any atom is 0.244 e. The number of H-pyrrole nitrogens is 1. The number of aliphatic hydroxyl groups is 1. The summed E-state index contributed by atoms with van der Waals surface area (Å²) in [6.45, 7) is 1.49. The molecule has 0 aliphatic heterocycles. The second-order valence-electron chi connectivity index (χ2n) is 4.61. The van der Waals surface area contributed by atoms with E-state index < -0.39 is 15.6 Å². The van der Waals surface area contributed by atoms with E-state index in [4.69, 9.17) is 0 Å². The fourth-order valence-electron chi connectivity index (χ4n) is 2.29. The van der Waals surface area contributed by atoms with Gasteiger partial charge in [0, 0.05) is 0 Å². The lowest BCUT2D eigenvalue weighted by Gasteiger charge is -2.27. The highest BCUT2D eigenvalue weighted by Gasteiger charge is 2.38. The van der Waals surface area contributed by atoms with Gasteiger partial charge in [-0.15, -0.1) is 0 Å². The van der Waals surface area contributed by atoms with Gasteiger partial charge in [0.15, 0.2) is 0 Å². The fourth-order valence-corrected chi connectivity index (χ4v) is 3.88. The third kappa shape index (κ3) is 2.36. The first-order valence-corrected chi connectivity index (χ1v) is 7.12. The predicted molar refractivity (Wildman–Crippen MR) is 61.9 cm³/mol. The molecule has 0 saturated heterocycles. The zero-order valence-corrected chi connectivity index (χ0v) is 10.5. The number of hydrogen-bond acceptors (Lipinski definition) is 4. The van der Waals surface area contributed by atoms with Gasteiger partial charge in [0.1, 0.15) is 4.90 Å². The lowest BCUT2D eigenvalue weighted by Crippen LogP contribution is -2.49. The Morgan fingerprint density at radius 3 is 2.65 bits per heavy atom. The van der Waals surface area contributed by atoms with Crippen molar-refractivity contribution in [2.24, 2.45) is 0 Å². The van der Waals surface area contributed by atoms with Crippen LogP contribution in [0, 0.1) is 6.92 Å². The van der Waals surface area contributed by atoms with Gasteiger partial charge >= 0.3 is 0 Å². The van der Waals surface area contributed by atoms with Crippen LogP contribution in [-0.4, -0.2) is 35.9 Å². The molecular formula is C10H17N3O3S. The quantitative estimate of drug-likeness (QED) is 0.725. The van der Waals surface area contributed by atoms with E-state index >= 15 is 0 Å². The Bertz CT molecular complexity index is 489. The third-order valence-corrected chi connectivity index (χ3v) is 4.98. The average Bonchev–Trinajstić information content (AvgIpc) is 2.87. The Morgan fingerprint density at radius 1 is 1.53 bits per heavy atom. The molecule has 17 heavy (non-hydrogen) atoms. The molecule has 1 aromatic heterocycles. The molecule has 0 spiro atoms. The molecule has 1 aliphatic rings. The minimum atomic E-state index is -3.61. The van der Waals surface area contributed by atoms with Crippen LogP contribution in [0.3, 0.4) is 0 Å². The fraction of sp³-hybridized carbons (Fsp3) is 0.700. The summed E-state index contributed by atoms with van der Waals surface area (Å²) in [5, 5.41) is 15.7. The van der Waals surface area contributed by atoms with Crippen molar-refractivity contribution in [3.8, 4) is 0 Å². The van der Waals surface area contributed by atoms with Crippen molar-refractivity contribution in [2.45, 2.75) is 43.0 Å². The molecule has 1 fully saturated rings. The number of rotatable bonds is 4. The lowest BCUT2D eigenvalue weighted by atomic mass is 10.0. The van der Waals surface area contributed by atoms with Crippen LogP contribution in [-0.2, 0) is 10.0 Å². The van der Waals surface area contributed by atoms with Gasteiger partial charge in [-0.05, 0) is 19.8 Å². The van der Waals surface area contributed by atoms with E-state index in [0.717, 1.165) is 12.8 Å².